The number of phenolic OH excluding ortho intramolecular Hbond substituents is 1. The predicted octanol–water partition coefficient (Wildman–Crippen LogP) is 3.41. The van der Waals surface area contributed by atoms with Crippen LogP contribution in [-0.2, 0) is 16.4 Å². The summed E-state index contributed by atoms with van der Waals surface area (Å²) in [6.07, 6.45) is 0.742. The second-order valence-electron chi connectivity index (χ2n) is 4.27. The molecule has 0 amide bonds. The van der Waals surface area contributed by atoms with Crippen LogP contribution in [0.2, 0.25) is 5.02 Å². The molecule has 0 spiro atoms. The van der Waals surface area contributed by atoms with E-state index in [4.69, 9.17) is 11.6 Å². The number of hydrogen-bond acceptors (Lipinski definition) is 3. The number of anilines is 1. The van der Waals surface area contributed by atoms with Gasteiger partial charge in [0.15, 0.2) is 0 Å². The molecule has 0 atom stereocenters. The van der Waals surface area contributed by atoms with E-state index < -0.39 is 10.0 Å². The highest BCUT2D eigenvalue weighted by molar-refractivity contribution is 7.92. The van der Waals surface area contributed by atoms with Crippen molar-refractivity contribution in [2.24, 2.45) is 0 Å². The molecule has 0 aliphatic rings. The molecule has 0 heterocycles. The summed E-state index contributed by atoms with van der Waals surface area (Å²) in [5.74, 6) is -0.118. The zero-order valence-electron chi connectivity index (χ0n) is 10.8. The van der Waals surface area contributed by atoms with E-state index in [0.717, 1.165) is 12.0 Å². The summed E-state index contributed by atoms with van der Waals surface area (Å²) in [5.41, 5.74) is 1.08. The predicted molar refractivity (Wildman–Crippen MR) is 79.7 cm³/mol. The minimum Gasteiger partial charge on any atom is -0.506 e. The molecule has 106 valence electrons. The van der Waals surface area contributed by atoms with Gasteiger partial charge in [0.05, 0.1) is 10.6 Å². The first-order valence-corrected chi connectivity index (χ1v) is 7.89. The van der Waals surface area contributed by atoms with Crippen LogP contribution in [0.4, 0.5) is 5.69 Å². The van der Waals surface area contributed by atoms with Crippen LogP contribution in [0.15, 0.2) is 47.4 Å². The van der Waals surface area contributed by atoms with Gasteiger partial charge in [0.1, 0.15) is 5.75 Å². The number of hydrogen-bond donors (Lipinski definition) is 2. The number of benzene rings is 2. The van der Waals surface area contributed by atoms with E-state index in [0.29, 0.717) is 5.02 Å². The van der Waals surface area contributed by atoms with Crippen LogP contribution in [-0.4, -0.2) is 13.5 Å². The first kappa shape index (κ1) is 14.7. The maximum atomic E-state index is 12.2. The SMILES string of the molecule is CCc1ccc(O)c(NS(=O)(=O)c2cccc(Cl)c2)c1. The molecule has 0 radical (unpaired) electrons. The van der Waals surface area contributed by atoms with E-state index in [9.17, 15) is 13.5 Å². The second-order valence-corrected chi connectivity index (χ2v) is 6.39. The molecule has 0 fully saturated rings. The number of rotatable bonds is 4. The molecule has 4 nitrogen and oxygen atoms in total. The summed E-state index contributed by atoms with van der Waals surface area (Å²) < 4.78 is 26.8. The number of phenols is 1. The fraction of sp³-hybridized carbons (Fsp3) is 0.143. The van der Waals surface area contributed by atoms with Crippen LogP contribution in [0.25, 0.3) is 0 Å². The van der Waals surface area contributed by atoms with Crippen molar-refractivity contribution in [2.45, 2.75) is 18.2 Å². The second kappa shape index (κ2) is 5.73. The number of halogens is 1. The fourth-order valence-electron chi connectivity index (χ4n) is 1.72. The minimum atomic E-state index is -3.78. The lowest BCUT2D eigenvalue weighted by molar-refractivity contribution is 0.477. The standard InChI is InChI=1S/C14H14ClNO3S/c1-2-10-6-7-14(17)13(8-10)16-20(18,19)12-5-3-4-11(15)9-12/h3-9,16-17H,2H2,1H3. The number of sulfonamides is 1. The molecule has 2 aromatic rings. The van der Waals surface area contributed by atoms with Crippen molar-refractivity contribution in [3.63, 3.8) is 0 Å². The van der Waals surface area contributed by atoms with Gasteiger partial charge in [-0.15, -0.1) is 0 Å². The molecular formula is C14H14ClNO3S. The Hall–Kier alpha value is -1.72. The smallest absolute Gasteiger partial charge is 0.262 e. The summed E-state index contributed by atoms with van der Waals surface area (Å²) >= 11 is 5.79. The van der Waals surface area contributed by atoms with E-state index in [2.05, 4.69) is 4.72 Å². The lowest BCUT2D eigenvalue weighted by atomic mass is 10.1. The van der Waals surface area contributed by atoms with Gasteiger partial charge >= 0.3 is 0 Å². The molecule has 2 N–H and O–H groups in total. The molecule has 0 aromatic heterocycles. The van der Waals surface area contributed by atoms with E-state index in [1.807, 2.05) is 6.92 Å². The fourth-order valence-corrected chi connectivity index (χ4v) is 3.09. The Morgan fingerprint density at radius 3 is 2.60 bits per heavy atom. The van der Waals surface area contributed by atoms with Crippen molar-refractivity contribution in [2.75, 3.05) is 4.72 Å². The lowest BCUT2D eigenvalue weighted by Gasteiger charge is -2.11. The summed E-state index contributed by atoms with van der Waals surface area (Å²) in [4.78, 5) is 0.0475. The Bertz CT molecular complexity index is 729. The Morgan fingerprint density at radius 1 is 1.20 bits per heavy atom. The summed E-state index contributed by atoms with van der Waals surface area (Å²) in [6.45, 7) is 1.95. The average molecular weight is 312 g/mol. The van der Waals surface area contributed by atoms with Crippen LogP contribution < -0.4 is 4.72 Å². The Kier molecular flexibility index (Phi) is 4.20. The molecule has 0 bridgehead atoms. The third-order valence-electron chi connectivity index (χ3n) is 2.82. The van der Waals surface area contributed by atoms with Crippen molar-refractivity contribution in [3.8, 4) is 5.75 Å². The molecule has 20 heavy (non-hydrogen) atoms. The van der Waals surface area contributed by atoms with Crippen LogP contribution in [0.3, 0.4) is 0 Å². The zero-order chi connectivity index (χ0) is 14.8. The van der Waals surface area contributed by atoms with Gasteiger partial charge in [-0.25, -0.2) is 8.42 Å². The first-order chi connectivity index (χ1) is 9.42. The molecule has 0 saturated carbocycles. The normalized spacial score (nSPS) is 11.3. The van der Waals surface area contributed by atoms with Crippen LogP contribution in [0.5, 0.6) is 5.75 Å². The van der Waals surface area contributed by atoms with Crippen molar-refractivity contribution in [3.05, 3.63) is 53.1 Å². The highest BCUT2D eigenvalue weighted by Gasteiger charge is 2.16. The highest BCUT2D eigenvalue weighted by atomic mass is 35.5. The third kappa shape index (κ3) is 3.23. The Morgan fingerprint density at radius 2 is 1.95 bits per heavy atom. The first-order valence-electron chi connectivity index (χ1n) is 6.02. The minimum absolute atomic E-state index is 0.0475. The van der Waals surface area contributed by atoms with Gasteiger partial charge in [0.2, 0.25) is 0 Å². The van der Waals surface area contributed by atoms with Crippen molar-refractivity contribution in [1.29, 1.82) is 0 Å². The van der Waals surface area contributed by atoms with Gasteiger partial charge in [-0.05, 0) is 42.3 Å². The topological polar surface area (TPSA) is 66.4 Å². The van der Waals surface area contributed by atoms with E-state index in [1.54, 1.807) is 24.3 Å². The van der Waals surface area contributed by atoms with Gasteiger partial charge < -0.3 is 5.11 Å². The molecule has 2 rings (SSSR count). The molecule has 0 saturated heterocycles. The number of aryl methyl sites for hydroxylation is 1. The maximum Gasteiger partial charge on any atom is 0.262 e. The van der Waals surface area contributed by atoms with Crippen molar-refractivity contribution in [1.82, 2.24) is 0 Å². The quantitative estimate of drug-likeness (QED) is 0.850. The van der Waals surface area contributed by atoms with Gasteiger partial charge in [-0.1, -0.05) is 30.7 Å². The highest BCUT2D eigenvalue weighted by Crippen LogP contribution is 2.27. The van der Waals surface area contributed by atoms with E-state index >= 15 is 0 Å². The molecule has 0 unspecified atom stereocenters. The molecule has 6 heteroatoms. The average Bonchev–Trinajstić information content (AvgIpc) is 2.41. The van der Waals surface area contributed by atoms with Gasteiger partial charge in [0, 0.05) is 5.02 Å². The maximum absolute atomic E-state index is 12.2. The Balaban J connectivity index is 2.38. The van der Waals surface area contributed by atoms with Gasteiger partial charge in [-0.3, -0.25) is 4.72 Å². The van der Waals surface area contributed by atoms with E-state index in [-0.39, 0.29) is 16.3 Å². The monoisotopic (exact) mass is 311 g/mol. The van der Waals surface area contributed by atoms with Crippen LogP contribution in [0.1, 0.15) is 12.5 Å². The Labute approximate surface area is 123 Å². The summed E-state index contributed by atoms with van der Waals surface area (Å²) in [5, 5.41) is 10.1. The van der Waals surface area contributed by atoms with Crippen molar-refractivity contribution >= 4 is 27.3 Å². The third-order valence-corrected chi connectivity index (χ3v) is 4.42. The summed E-state index contributed by atoms with van der Waals surface area (Å²) in [7, 11) is -3.78. The van der Waals surface area contributed by atoms with Crippen LogP contribution in [0, 0.1) is 0 Å². The van der Waals surface area contributed by atoms with E-state index in [1.165, 1.54) is 18.2 Å². The van der Waals surface area contributed by atoms with Gasteiger partial charge in [-0.2, -0.15) is 0 Å². The molecule has 0 aliphatic heterocycles. The molecule has 2 aromatic carbocycles. The van der Waals surface area contributed by atoms with Crippen LogP contribution >= 0.6 is 11.6 Å². The number of aromatic hydroxyl groups is 1. The zero-order valence-corrected chi connectivity index (χ0v) is 12.4. The lowest BCUT2D eigenvalue weighted by Crippen LogP contribution is -2.13. The largest absolute Gasteiger partial charge is 0.506 e. The molecular weight excluding hydrogens is 298 g/mol. The molecule has 0 aliphatic carbocycles. The summed E-state index contributed by atoms with van der Waals surface area (Å²) in [6, 6.07) is 10.8. The van der Waals surface area contributed by atoms with Gasteiger partial charge in [0.25, 0.3) is 10.0 Å². The number of nitrogens with one attached hydrogen (secondary N) is 1. The van der Waals surface area contributed by atoms with Crippen molar-refractivity contribution < 1.29 is 13.5 Å².